The quantitative estimate of drug-likeness (QED) is 0.675. The van der Waals surface area contributed by atoms with E-state index < -0.39 is 5.97 Å². The second kappa shape index (κ2) is 5.05. The van der Waals surface area contributed by atoms with Crippen LogP contribution in [0.1, 0.15) is 21.7 Å². The SMILES string of the molecule is Cc1nonc1COC(=O)c1cccc(N)c1Cl. The van der Waals surface area contributed by atoms with Crippen molar-refractivity contribution in [3.8, 4) is 0 Å². The van der Waals surface area contributed by atoms with Gasteiger partial charge in [0.05, 0.1) is 16.3 Å². The predicted octanol–water partition coefficient (Wildman–Crippen LogP) is 1.97. The van der Waals surface area contributed by atoms with Gasteiger partial charge in [0.25, 0.3) is 0 Å². The monoisotopic (exact) mass is 267 g/mol. The Bertz CT molecular complexity index is 583. The molecule has 18 heavy (non-hydrogen) atoms. The zero-order valence-electron chi connectivity index (χ0n) is 9.51. The zero-order chi connectivity index (χ0) is 13.1. The number of halogens is 1. The summed E-state index contributed by atoms with van der Waals surface area (Å²) in [6.45, 7) is 1.67. The van der Waals surface area contributed by atoms with Crippen LogP contribution in [0.25, 0.3) is 0 Å². The average Bonchev–Trinajstić information content (AvgIpc) is 2.75. The van der Waals surface area contributed by atoms with Gasteiger partial charge in [-0.25, -0.2) is 9.42 Å². The Kier molecular flexibility index (Phi) is 3.47. The standard InChI is InChI=1S/C11H10ClN3O3/c1-6-9(15-18-14-6)5-17-11(16)7-3-2-4-8(13)10(7)12/h2-4H,5,13H2,1H3. The number of nitrogens with two attached hydrogens (primary N) is 1. The number of nitrogen functional groups attached to an aromatic ring is 1. The molecule has 0 bridgehead atoms. The van der Waals surface area contributed by atoms with E-state index in [1.54, 1.807) is 19.1 Å². The van der Waals surface area contributed by atoms with Crippen LogP contribution < -0.4 is 5.73 Å². The van der Waals surface area contributed by atoms with Gasteiger partial charge in [0.15, 0.2) is 0 Å². The Morgan fingerprint density at radius 3 is 2.94 bits per heavy atom. The predicted molar refractivity (Wildman–Crippen MR) is 64.0 cm³/mol. The minimum absolute atomic E-state index is 0.0285. The van der Waals surface area contributed by atoms with E-state index in [0.29, 0.717) is 17.1 Å². The molecule has 94 valence electrons. The molecule has 0 saturated heterocycles. The maximum atomic E-state index is 11.8. The van der Waals surface area contributed by atoms with E-state index in [4.69, 9.17) is 22.1 Å². The molecule has 2 rings (SSSR count). The van der Waals surface area contributed by atoms with Gasteiger partial charge in [-0.05, 0) is 19.1 Å². The van der Waals surface area contributed by atoms with E-state index in [0.717, 1.165) is 0 Å². The second-order valence-corrected chi connectivity index (χ2v) is 3.96. The van der Waals surface area contributed by atoms with Gasteiger partial charge in [-0.2, -0.15) is 0 Å². The van der Waals surface area contributed by atoms with Crippen molar-refractivity contribution in [3.63, 3.8) is 0 Å². The normalized spacial score (nSPS) is 10.3. The molecule has 0 spiro atoms. The minimum Gasteiger partial charge on any atom is -0.455 e. The molecule has 2 N–H and O–H groups in total. The fourth-order valence-electron chi connectivity index (χ4n) is 1.30. The summed E-state index contributed by atoms with van der Waals surface area (Å²) in [5, 5.41) is 7.35. The number of carbonyl (C=O) groups is 1. The summed E-state index contributed by atoms with van der Waals surface area (Å²) in [5.74, 6) is -0.574. The number of rotatable bonds is 3. The second-order valence-electron chi connectivity index (χ2n) is 3.58. The summed E-state index contributed by atoms with van der Waals surface area (Å²) in [6, 6.07) is 4.76. The van der Waals surface area contributed by atoms with Crippen LogP contribution in [0.15, 0.2) is 22.8 Å². The molecule has 0 saturated carbocycles. The number of esters is 1. The van der Waals surface area contributed by atoms with Crippen LogP contribution in [0, 0.1) is 6.92 Å². The molecule has 7 heteroatoms. The van der Waals surface area contributed by atoms with Crippen molar-refractivity contribution in [1.82, 2.24) is 10.3 Å². The molecule has 6 nitrogen and oxygen atoms in total. The highest BCUT2D eigenvalue weighted by Crippen LogP contribution is 2.23. The number of hydrogen-bond donors (Lipinski definition) is 1. The number of hydrogen-bond acceptors (Lipinski definition) is 6. The summed E-state index contributed by atoms with van der Waals surface area (Å²) in [5.41, 5.74) is 7.17. The summed E-state index contributed by atoms with van der Waals surface area (Å²) in [4.78, 5) is 11.8. The van der Waals surface area contributed by atoms with Gasteiger partial charge >= 0.3 is 5.97 Å². The van der Waals surface area contributed by atoms with Crippen molar-refractivity contribution in [1.29, 1.82) is 0 Å². The van der Waals surface area contributed by atoms with E-state index in [1.165, 1.54) is 6.07 Å². The van der Waals surface area contributed by atoms with Crippen molar-refractivity contribution in [2.24, 2.45) is 0 Å². The van der Waals surface area contributed by atoms with E-state index in [2.05, 4.69) is 14.9 Å². The van der Waals surface area contributed by atoms with Crippen LogP contribution in [0.3, 0.4) is 0 Å². The Hall–Kier alpha value is -2.08. The van der Waals surface area contributed by atoms with Crippen LogP contribution in [-0.2, 0) is 11.3 Å². The van der Waals surface area contributed by atoms with Crippen molar-refractivity contribution >= 4 is 23.3 Å². The van der Waals surface area contributed by atoms with Gasteiger partial charge in [-0.1, -0.05) is 28.0 Å². The van der Waals surface area contributed by atoms with Crippen LogP contribution in [-0.4, -0.2) is 16.3 Å². The smallest absolute Gasteiger partial charge is 0.340 e. The van der Waals surface area contributed by atoms with Crippen LogP contribution in [0.5, 0.6) is 0 Å². The Balaban J connectivity index is 2.09. The van der Waals surface area contributed by atoms with E-state index >= 15 is 0 Å². The highest BCUT2D eigenvalue weighted by Gasteiger charge is 2.15. The fraction of sp³-hybridized carbons (Fsp3) is 0.182. The number of nitrogens with zero attached hydrogens (tertiary/aromatic N) is 2. The van der Waals surface area contributed by atoms with Gasteiger partial charge in [-0.3, -0.25) is 0 Å². The van der Waals surface area contributed by atoms with Gasteiger partial charge in [0.2, 0.25) is 0 Å². The lowest BCUT2D eigenvalue weighted by atomic mass is 10.2. The number of aromatic nitrogens is 2. The number of carbonyl (C=O) groups excluding carboxylic acids is 1. The third-order valence-corrected chi connectivity index (χ3v) is 2.76. The maximum Gasteiger partial charge on any atom is 0.340 e. The van der Waals surface area contributed by atoms with Crippen molar-refractivity contribution < 1.29 is 14.2 Å². The molecule has 1 aromatic heterocycles. The first-order chi connectivity index (χ1) is 8.59. The van der Waals surface area contributed by atoms with Gasteiger partial charge < -0.3 is 10.5 Å². The number of aryl methyl sites for hydroxylation is 1. The number of anilines is 1. The Morgan fingerprint density at radius 1 is 1.50 bits per heavy atom. The summed E-state index contributed by atoms with van der Waals surface area (Å²) in [6.07, 6.45) is 0. The highest BCUT2D eigenvalue weighted by molar-refractivity contribution is 6.36. The summed E-state index contributed by atoms with van der Waals surface area (Å²) < 4.78 is 9.54. The van der Waals surface area contributed by atoms with E-state index in [1.807, 2.05) is 0 Å². The first-order valence-electron chi connectivity index (χ1n) is 5.08. The number of ether oxygens (including phenoxy) is 1. The van der Waals surface area contributed by atoms with E-state index in [9.17, 15) is 4.79 Å². The molecule has 0 amide bonds. The number of benzene rings is 1. The van der Waals surface area contributed by atoms with Crippen LogP contribution in [0.4, 0.5) is 5.69 Å². The Morgan fingerprint density at radius 2 is 2.28 bits per heavy atom. The molecular weight excluding hydrogens is 258 g/mol. The van der Waals surface area contributed by atoms with E-state index in [-0.39, 0.29) is 17.2 Å². The molecule has 0 radical (unpaired) electrons. The molecule has 0 unspecified atom stereocenters. The first kappa shape index (κ1) is 12.4. The topological polar surface area (TPSA) is 91.2 Å². The molecule has 0 aliphatic carbocycles. The maximum absolute atomic E-state index is 11.8. The Labute approximate surface area is 108 Å². The molecule has 0 atom stereocenters. The third kappa shape index (κ3) is 2.43. The lowest BCUT2D eigenvalue weighted by Crippen LogP contribution is -2.07. The highest BCUT2D eigenvalue weighted by atomic mass is 35.5. The molecule has 1 heterocycles. The van der Waals surface area contributed by atoms with Gasteiger partial charge in [0.1, 0.15) is 18.0 Å². The lowest BCUT2D eigenvalue weighted by molar-refractivity contribution is 0.0463. The zero-order valence-corrected chi connectivity index (χ0v) is 10.3. The fourth-order valence-corrected chi connectivity index (χ4v) is 1.50. The molecule has 0 aliphatic rings. The van der Waals surface area contributed by atoms with Crippen LogP contribution in [0.2, 0.25) is 5.02 Å². The molecule has 0 aliphatic heterocycles. The van der Waals surface area contributed by atoms with Crippen molar-refractivity contribution in [2.45, 2.75) is 13.5 Å². The summed E-state index contributed by atoms with van der Waals surface area (Å²) >= 11 is 5.91. The van der Waals surface area contributed by atoms with Crippen LogP contribution >= 0.6 is 11.6 Å². The molecular formula is C11H10ClN3O3. The van der Waals surface area contributed by atoms with Crippen molar-refractivity contribution in [2.75, 3.05) is 5.73 Å². The van der Waals surface area contributed by atoms with Gasteiger partial charge in [0, 0.05) is 0 Å². The lowest BCUT2D eigenvalue weighted by Gasteiger charge is -2.06. The molecule has 1 aromatic carbocycles. The first-order valence-corrected chi connectivity index (χ1v) is 5.46. The van der Waals surface area contributed by atoms with Gasteiger partial charge in [-0.15, -0.1) is 0 Å². The third-order valence-electron chi connectivity index (χ3n) is 2.33. The molecule has 2 aromatic rings. The average molecular weight is 268 g/mol. The molecule has 0 fully saturated rings. The largest absolute Gasteiger partial charge is 0.455 e. The van der Waals surface area contributed by atoms with Crippen molar-refractivity contribution in [3.05, 3.63) is 40.2 Å². The minimum atomic E-state index is -0.574. The summed E-state index contributed by atoms with van der Waals surface area (Å²) in [7, 11) is 0.